The summed E-state index contributed by atoms with van der Waals surface area (Å²) in [5.74, 6) is 7.43. The molecule has 1 atom stereocenters. The standard InChI is InChI=1S/C22H24O2/c1-4-20(23)18-10-7-16(8-11-18)5-6-17-9-12-21-19(15-17)22(2,3)13-14-24-21/h7-12,15,20,23H,4,13-14H2,1-3H3. The van der Waals surface area contributed by atoms with Crippen molar-refractivity contribution >= 4 is 0 Å². The van der Waals surface area contributed by atoms with Crippen LogP contribution in [-0.2, 0) is 5.41 Å². The number of benzene rings is 2. The van der Waals surface area contributed by atoms with Gasteiger partial charge in [-0.25, -0.2) is 0 Å². The van der Waals surface area contributed by atoms with Gasteiger partial charge >= 0.3 is 0 Å². The van der Waals surface area contributed by atoms with Crippen molar-refractivity contribution in [2.24, 2.45) is 0 Å². The Hall–Kier alpha value is -2.24. The van der Waals surface area contributed by atoms with Crippen LogP contribution >= 0.6 is 0 Å². The second-order valence-corrected chi connectivity index (χ2v) is 6.99. The van der Waals surface area contributed by atoms with Crippen LogP contribution in [-0.4, -0.2) is 11.7 Å². The first-order valence-corrected chi connectivity index (χ1v) is 8.57. The van der Waals surface area contributed by atoms with Crippen LogP contribution in [0.4, 0.5) is 0 Å². The van der Waals surface area contributed by atoms with Crippen molar-refractivity contribution in [2.75, 3.05) is 6.61 Å². The molecule has 0 fully saturated rings. The average Bonchev–Trinajstić information content (AvgIpc) is 2.60. The minimum Gasteiger partial charge on any atom is -0.493 e. The van der Waals surface area contributed by atoms with Crippen molar-refractivity contribution in [3.8, 4) is 17.6 Å². The number of ether oxygens (including phenoxy) is 1. The topological polar surface area (TPSA) is 29.5 Å². The van der Waals surface area contributed by atoms with E-state index in [1.54, 1.807) is 0 Å². The highest BCUT2D eigenvalue weighted by Crippen LogP contribution is 2.38. The van der Waals surface area contributed by atoms with E-state index in [4.69, 9.17) is 4.74 Å². The zero-order valence-electron chi connectivity index (χ0n) is 14.6. The number of hydrogen-bond acceptors (Lipinski definition) is 2. The molecule has 0 amide bonds. The highest BCUT2D eigenvalue weighted by Gasteiger charge is 2.28. The van der Waals surface area contributed by atoms with Gasteiger partial charge in [-0.2, -0.15) is 0 Å². The number of hydrogen-bond donors (Lipinski definition) is 1. The summed E-state index contributed by atoms with van der Waals surface area (Å²) in [7, 11) is 0. The summed E-state index contributed by atoms with van der Waals surface area (Å²) >= 11 is 0. The molecule has 1 unspecified atom stereocenters. The highest BCUT2D eigenvalue weighted by molar-refractivity contribution is 5.50. The van der Waals surface area contributed by atoms with E-state index in [9.17, 15) is 5.11 Å². The quantitative estimate of drug-likeness (QED) is 0.820. The summed E-state index contributed by atoms with van der Waals surface area (Å²) in [6.45, 7) is 7.26. The Kier molecular flexibility index (Phi) is 4.64. The van der Waals surface area contributed by atoms with Gasteiger partial charge in [-0.1, -0.05) is 44.7 Å². The van der Waals surface area contributed by atoms with Gasteiger partial charge in [0.25, 0.3) is 0 Å². The normalized spacial score (nSPS) is 16.3. The fourth-order valence-electron chi connectivity index (χ4n) is 2.98. The van der Waals surface area contributed by atoms with Crippen LogP contribution in [0.3, 0.4) is 0 Å². The molecule has 0 saturated heterocycles. The highest BCUT2D eigenvalue weighted by atomic mass is 16.5. The van der Waals surface area contributed by atoms with Gasteiger partial charge in [0.15, 0.2) is 0 Å². The molecule has 0 spiro atoms. The van der Waals surface area contributed by atoms with Crippen molar-refractivity contribution in [1.29, 1.82) is 0 Å². The Morgan fingerprint density at radius 3 is 2.46 bits per heavy atom. The Morgan fingerprint density at radius 2 is 1.75 bits per heavy atom. The molecule has 1 aliphatic rings. The summed E-state index contributed by atoms with van der Waals surface area (Å²) in [6.07, 6.45) is 1.35. The summed E-state index contributed by atoms with van der Waals surface area (Å²) in [5, 5.41) is 9.84. The van der Waals surface area contributed by atoms with Gasteiger partial charge in [0.05, 0.1) is 12.7 Å². The molecule has 1 N–H and O–H groups in total. The van der Waals surface area contributed by atoms with E-state index in [-0.39, 0.29) is 5.41 Å². The molecule has 0 bridgehead atoms. The van der Waals surface area contributed by atoms with Gasteiger partial charge in [0, 0.05) is 16.7 Å². The fraction of sp³-hybridized carbons (Fsp3) is 0.364. The maximum absolute atomic E-state index is 9.84. The maximum atomic E-state index is 9.84. The monoisotopic (exact) mass is 320 g/mol. The molecule has 124 valence electrons. The largest absolute Gasteiger partial charge is 0.493 e. The van der Waals surface area contributed by atoms with E-state index in [0.29, 0.717) is 0 Å². The Labute approximate surface area is 144 Å². The van der Waals surface area contributed by atoms with E-state index >= 15 is 0 Å². The lowest BCUT2D eigenvalue weighted by Gasteiger charge is -2.32. The third-order valence-corrected chi connectivity index (χ3v) is 4.73. The predicted molar refractivity (Wildman–Crippen MR) is 97.3 cm³/mol. The van der Waals surface area contributed by atoms with Crippen LogP contribution in [0, 0.1) is 11.8 Å². The van der Waals surface area contributed by atoms with E-state index in [1.165, 1.54) is 5.56 Å². The van der Waals surface area contributed by atoms with Crippen LogP contribution in [0.15, 0.2) is 42.5 Å². The molecule has 0 aliphatic carbocycles. The molecular formula is C22H24O2. The SMILES string of the molecule is CCC(O)c1ccc(C#Cc2ccc3c(c2)C(C)(C)CCO3)cc1. The van der Waals surface area contributed by atoms with Gasteiger partial charge in [-0.05, 0) is 54.2 Å². The smallest absolute Gasteiger partial charge is 0.123 e. The minimum atomic E-state index is -0.394. The number of aliphatic hydroxyl groups excluding tert-OH is 1. The fourth-order valence-corrected chi connectivity index (χ4v) is 2.98. The van der Waals surface area contributed by atoms with Crippen LogP contribution in [0.2, 0.25) is 0 Å². The van der Waals surface area contributed by atoms with Gasteiger partial charge in [0.1, 0.15) is 5.75 Å². The molecule has 0 aromatic heterocycles. The summed E-state index contributed by atoms with van der Waals surface area (Å²) in [6, 6.07) is 14.0. The van der Waals surface area contributed by atoms with Crippen LogP contribution in [0.1, 0.15) is 62.0 Å². The molecular weight excluding hydrogens is 296 g/mol. The van der Waals surface area contributed by atoms with Crippen LogP contribution in [0.25, 0.3) is 0 Å². The average molecular weight is 320 g/mol. The first-order chi connectivity index (χ1) is 11.5. The number of fused-ring (bicyclic) bond motifs is 1. The van der Waals surface area contributed by atoms with Gasteiger partial charge in [-0.15, -0.1) is 0 Å². The van der Waals surface area contributed by atoms with Crippen molar-refractivity contribution in [2.45, 2.75) is 45.1 Å². The van der Waals surface area contributed by atoms with E-state index in [2.05, 4.69) is 31.8 Å². The number of rotatable bonds is 2. The summed E-state index contributed by atoms with van der Waals surface area (Å²) in [4.78, 5) is 0. The van der Waals surface area contributed by atoms with E-state index in [1.807, 2.05) is 43.3 Å². The lowest BCUT2D eigenvalue weighted by Crippen LogP contribution is -2.26. The predicted octanol–water partition coefficient (Wildman–Crippen LogP) is 4.59. The Morgan fingerprint density at radius 1 is 1.08 bits per heavy atom. The number of aliphatic hydroxyl groups is 1. The van der Waals surface area contributed by atoms with E-state index in [0.717, 1.165) is 41.9 Å². The molecule has 3 rings (SSSR count). The molecule has 1 aliphatic heterocycles. The lowest BCUT2D eigenvalue weighted by molar-refractivity contribution is 0.173. The summed E-state index contributed by atoms with van der Waals surface area (Å²) < 4.78 is 5.75. The Bertz CT molecular complexity index is 776. The van der Waals surface area contributed by atoms with Gasteiger partial charge in [0.2, 0.25) is 0 Å². The molecule has 0 saturated carbocycles. The lowest BCUT2D eigenvalue weighted by atomic mass is 9.79. The van der Waals surface area contributed by atoms with Crippen molar-refractivity contribution in [3.05, 3.63) is 64.7 Å². The minimum absolute atomic E-state index is 0.128. The molecule has 24 heavy (non-hydrogen) atoms. The third kappa shape index (κ3) is 3.47. The van der Waals surface area contributed by atoms with E-state index < -0.39 is 6.10 Å². The zero-order valence-corrected chi connectivity index (χ0v) is 14.6. The first-order valence-electron chi connectivity index (χ1n) is 8.57. The van der Waals surface area contributed by atoms with Crippen molar-refractivity contribution in [1.82, 2.24) is 0 Å². The molecule has 2 heteroatoms. The zero-order chi connectivity index (χ0) is 17.2. The molecule has 0 radical (unpaired) electrons. The van der Waals surface area contributed by atoms with Crippen LogP contribution < -0.4 is 4.74 Å². The second kappa shape index (κ2) is 6.71. The molecule has 2 aromatic carbocycles. The molecule has 1 heterocycles. The Balaban J connectivity index is 1.84. The maximum Gasteiger partial charge on any atom is 0.123 e. The third-order valence-electron chi connectivity index (χ3n) is 4.73. The summed E-state index contributed by atoms with van der Waals surface area (Å²) in [5.41, 5.74) is 4.27. The van der Waals surface area contributed by atoms with Gasteiger partial charge in [-0.3, -0.25) is 0 Å². The molecule has 2 aromatic rings. The van der Waals surface area contributed by atoms with Crippen LogP contribution in [0.5, 0.6) is 5.75 Å². The van der Waals surface area contributed by atoms with Gasteiger partial charge < -0.3 is 9.84 Å². The van der Waals surface area contributed by atoms with Crippen molar-refractivity contribution < 1.29 is 9.84 Å². The van der Waals surface area contributed by atoms with Crippen molar-refractivity contribution in [3.63, 3.8) is 0 Å². The molecule has 2 nitrogen and oxygen atoms in total. The second-order valence-electron chi connectivity index (χ2n) is 6.99. The first kappa shape index (κ1) is 16.6.